The molecule has 0 bridgehead atoms. The zero-order valence-corrected chi connectivity index (χ0v) is 10.3. The molecule has 0 fully saturated rings. The summed E-state index contributed by atoms with van der Waals surface area (Å²) in [5, 5.41) is 21.8. The van der Waals surface area contributed by atoms with Gasteiger partial charge in [0, 0.05) is 13.7 Å². The van der Waals surface area contributed by atoms with Crippen LogP contribution in [0.1, 0.15) is 11.3 Å². The molecule has 1 aromatic heterocycles. The van der Waals surface area contributed by atoms with Crippen LogP contribution in [0.3, 0.4) is 0 Å². The van der Waals surface area contributed by atoms with E-state index in [-0.39, 0.29) is 5.15 Å². The molecule has 1 unspecified atom stereocenters. The van der Waals surface area contributed by atoms with E-state index in [2.05, 4.69) is 10.3 Å². The van der Waals surface area contributed by atoms with Gasteiger partial charge in [0.1, 0.15) is 10.9 Å². The Bertz CT molecular complexity index is 377. The zero-order valence-electron chi connectivity index (χ0n) is 8.73. The maximum absolute atomic E-state index is 9.37. The van der Waals surface area contributed by atoms with Crippen LogP contribution in [-0.2, 0) is 4.74 Å². The van der Waals surface area contributed by atoms with Crippen molar-refractivity contribution in [3.8, 4) is 6.07 Å². The molecule has 0 aliphatic heterocycles. The number of ether oxygens (including phenoxy) is 1. The molecular weight excluding hydrogens is 250 g/mol. The first kappa shape index (κ1) is 13.2. The Labute approximate surface area is 103 Å². The summed E-state index contributed by atoms with van der Waals surface area (Å²) in [6, 6.07) is 1.95. The van der Waals surface area contributed by atoms with E-state index in [1.165, 1.54) is 18.4 Å². The molecule has 5 nitrogen and oxygen atoms in total. The molecule has 0 aromatic carbocycles. The fraction of sp³-hybridized carbons (Fsp3) is 0.556. The molecule has 1 rings (SSSR count). The number of hydrogen-bond donors (Lipinski definition) is 2. The summed E-state index contributed by atoms with van der Waals surface area (Å²) in [5.41, 5.74) is 0. The van der Waals surface area contributed by atoms with Gasteiger partial charge in [0.25, 0.3) is 0 Å². The molecule has 0 radical (unpaired) electrons. The first-order chi connectivity index (χ1) is 7.67. The highest BCUT2D eigenvalue weighted by atomic mass is 35.5. The average molecular weight is 262 g/mol. The first-order valence-corrected chi connectivity index (χ1v) is 5.84. The van der Waals surface area contributed by atoms with Gasteiger partial charge in [0.05, 0.1) is 12.7 Å². The molecule has 1 heterocycles. The lowest BCUT2D eigenvalue weighted by Gasteiger charge is -2.08. The van der Waals surface area contributed by atoms with Gasteiger partial charge in [-0.25, -0.2) is 4.98 Å². The van der Waals surface area contributed by atoms with Gasteiger partial charge >= 0.3 is 0 Å². The minimum atomic E-state index is -0.497. The van der Waals surface area contributed by atoms with Crippen molar-refractivity contribution in [2.24, 2.45) is 0 Å². The molecule has 2 N–H and O–H groups in total. The number of nitrogens with one attached hydrogen (secondary N) is 1. The molecule has 1 aromatic rings. The lowest BCUT2D eigenvalue weighted by atomic mass is 10.3. The fourth-order valence-electron chi connectivity index (χ4n) is 1.07. The van der Waals surface area contributed by atoms with Crippen molar-refractivity contribution in [2.75, 3.05) is 25.6 Å². The number of aromatic nitrogens is 1. The van der Waals surface area contributed by atoms with E-state index in [0.717, 1.165) is 0 Å². The summed E-state index contributed by atoms with van der Waals surface area (Å²) in [5.74, 6) is 0. The van der Waals surface area contributed by atoms with E-state index in [4.69, 9.17) is 21.6 Å². The third kappa shape index (κ3) is 3.94. The number of rotatable bonds is 6. The fourth-order valence-corrected chi connectivity index (χ4v) is 2.04. The Balaban J connectivity index is 2.35. The van der Waals surface area contributed by atoms with Gasteiger partial charge in [-0.3, -0.25) is 0 Å². The molecule has 88 valence electrons. The summed E-state index contributed by atoms with van der Waals surface area (Å²) >= 11 is 6.90. The quantitative estimate of drug-likeness (QED) is 0.811. The van der Waals surface area contributed by atoms with Gasteiger partial charge in [-0.1, -0.05) is 22.9 Å². The predicted octanol–water partition coefficient (Wildman–Crippen LogP) is 1.48. The van der Waals surface area contributed by atoms with Crippen LogP contribution in [-0.4, -0.2) is 36.5 Å². The van der Waals surface area contributed by atoms with Crippen molar-refractivity contribution in [1.29, 1.82) is 5.26 Å². The van der Waals surface area contributed by atoms with Gasteiger partial charge in [-0.2, -0.15) is 5.26 Å². The third-order valence-electron chi connectivity index (χ3n) is 1.80. The van der Waals surface area contributed by atoms with Crippen LogP contribution in [0, 0.1) is 11.3 Å². The van der Waals surface area contributed by atoms with Crippen LogP contribution in [0.2, 0.25) is 5.15 Å². The second-order valence-electron chi connectivity index (χ2n) is 3.08. The summed E-state index contributed by atoms with van der Waals surface area (Å²) in [7, 11) is 1.54. The number of thiazole rings is 1. The molecular formula is C9H12ClN3O2S. The molecule has 0 saturated carbocycles. The lowest BCUT2D eigenvalue weighted by Crippen LogP contribution is -2.18. The summed E-state index contributed by atoms with van der Waals surface area (Å²) in [4.78, 5) is 4.35. The monoisotopic (exact) mass is 261 g/mol. The maximum Gasteiger partial charge on any atom is 0.185 e. The number of methoxy groups -OCH3 is 1. The van der Waals surface area contributed by atoms with E-state index in [9.17, 15) is 5.11 Å². The molecule has 0 aliphatic rings. The summed E-state index contributed by atoms with van der Waals surface area (Å²) in [6.45, 7) is 0.864. The number of halogens is 1. The number of hydrogen-bond acceptors (Lipinski definition) is 6. The smallest absolute Gasteiger partial charge is 0.185 e. The highest BCUT2D eigenvalue weighted by molar-refractivity contribution is 7.16. The largest absolute Gasteiger partial charge is 0.391 e. The second-order valence-corrected chi connectivity index (χ2v) is 4.43. The van der Waals surface area contributed by atoms with Crippen LogP contribution in [0.25, 0.3) is 0 Å². The van der Waals surface area contributed by atoms with Crippen LogP contribution in [0.15, 0.2) is 0 Å². The molecule has 16 heavy (non-hydrogen) atoms. The van der Waals surface area contributed by atoms with Gasteiger partial charge in [0.15, 0.2) is 10.3 Å². The van der Waals surface area contributed by atoms with Gasteiger partial charge < -0.3 is 15.2 Å². The Morgan fingerprint density at radius 3 is 3.06 bits per heavy atom. The van der Waals surface area contributed by atoms with Crippen LogP contribution in [0.4, 0.5) is 5.13 Å². The molecule has 0 amide bonds. The van der Waals surface area contributed by atoms with Crippen molar-refractivity contribution >= 4 is 28.1 Å². The van der Waals surface area contributed by atoms with Crippen LogP contribution in [0.5, 0.6) is 0 Å². The topological polar surface area (TPSA) is 78.2 Å². The number of aliphatic hydroxyl groups excluding tert-OH is 1. The number of aliphatic hydroxyl groups is 1. The predicted molar refractivity (Wildman–Crippen MR) is 62.8 cm³/mol. The maximum atomic E-state index is 9.37. The first-order valence-electron chi connectivity index (χ1n) is 4.64. The SMILES string of the molecule is COCC(O)CCNc1nc(Cl)c(C#N)s1. The van der Waals surface area contributed by atoms with Crippen molar-refractivity contribution in [2.45, 2.75) is 12.5 Å². The van der Waals surface area contributed by atoms with E-state index < -0.39 is 6.10 Å². The van der Waals surface area contributed by atoms with Gasteiger partial charge in [0.2, 0.25) is 0 Å². The van der Waals surface area contributed by atoms with Crippen molar-refractivity contribution in [1.82, 2.24) is 4.98 Å². The molecule has 7 heteroatoms. The minimum absolute atomic E-state index is 0.215. The number of anilines is 1. The van der Waals surface area contributed by atoms with E-state index in [1.54, 1.807) is 0 Å². The average Bonchev–Trinajstić information content (AvgIpc) is 2.59. The number of nitrogens with zero attached hydrogens (tertiary/aromatic N) is 2. The summed E-state index contributed by atoms with van der Waals surface area (Å²) < 4.78 is 4.79. The summed E-state index contributed by atoms with van der Waals surface area (Å²) in [6.07, 6.45) is 0.0517. The minimum Gasteiger partial charge on any atom is -0.391 e. The normalized spacial score (nSPS) is 12.1. The van der Waals surface area contributed by atoms with Gasteiger partial charge in [-0.05, 0) is 6.42 Å². The molecule has 1 atom stereocenters. The van der Waals surface area contributed by atoms with Crippen molar-refractivity contribution < 1.29 is 9.84 Å². The number of nitriles is 1. The zero-order chi connectivity index (χ0) is 12.0. The Kier molecular flexibility index (Phi) is 5.49. The molecule has 0 aliphatic carbocycles. The highest BCUT2D eigenvalue weighted by Crippen LogP contribution is 2.25. The van der Waals surface area contributed by atoms with E-state index in [1.807, 2.05) is 6.07 Å². The molecule has 0 saturated heterocycles. The van der Waals surface area contributed by atoms with Crippen LogP contribution >= 0.6 is 22.9 Å². The third-order valence-corrected chi connectivity index (χ3v) is 3.10. The van der Waals surface area contributed by atoms with Crippen LogP contribution < -0.4 is 5.32 Å². The van der Waals surface area contributed by atoms with Crippen molar-refractivity contribution in [3.63, 3.8) is 0 Å². The van der Waals surface area contributed by atoms with E-state index >= 15 is 0 Å². The van der Waals surface area contributed by atoms with E-state index in [0.29, 0.717) is 29.6 Å². The Morgan fingerprint density at radius 1 is 1.75 bits per heavy atom. The molecule has 0 spiro atoms. The van der Waals surface area contributed by atoms with Crippen molar-refractivity contribution in [3.05, 3.63) is 10.0 Å². The Morgan fingerprint density at radius 2 is 2.50 bits per heavy atom. The van der Waals surface area contributed by atoms with Gasteiger partial charge in [-0.15, -0.1) is 0 Å². The highest BCUT2D eigenvalue weighted by Gasteiger charge is 2.08. The lowest BCUT2D eigenvalue weighted by molar-refractivity contribution is 0.0615. The Hall–Kier alpha value is -0.870. The standard InChI is InChI=1S/C9H12ClN3O2S/c1-15-5-6(14)2-3-12-9-13-8(10)7(4-11)16-9/h6,14H,2-3,5H2,1H3,(H,12,13). The second kappa shape index (κ2) is 6.66.